The summed E-state index contributed by atoms with van der Waals surface area (Å²) in [6.07, 6.45) is 0.571. The molecule has 1 atom stereocenters. The van der Waals surface area contributed by atoms with E-state index in [9.17, 15) is 4.79 Å². The molecule has 1 aromatic rings. The molecule has 0 radical (unpaired) electrons. The third-order valence-electron chi connectivity index (χ3n) is 2.86. The minimum absolute atomic E-state index is 0.137. The molecule has 0 spiro atoms. The molecule has 1 amide bonds. The first-order valence-electron chi connectivity index (χ1n) is 5.79. The van der Waals surface area contributed by atoms with Gasteiger partial charge in [-0.1, -0.05) is 23.7 Å². The molecule has 1 saturated heterocycles. The van der Waals surface area contributed by atoms with Gasteiger partial charge in [0.25, 0.3) is 0 Å². The van der Waals surface area contributed by atoms with E-state index in [1.807, 2.05) is 36.1 Å². The second-order valence-corrected chi connectivity index (χ2v) is 4.76. The third kappa shape index (κ3) is 3.45. The molecule has 0 aromatic heterocycles. The maximum absolute atomic E-state index is 12.0. The Morgan fingerprint density at radius 1 is 1.47 bits per heavy atom. The van der Waals surface area contributed by atoms with Crippen molar-refractivity contribution >= 4 is 17.5 Å². The van der Waals surface area contributed by atoms with E-state index in [2.05, 4.69) is 0 Å². The summed E-state index contributed by atoms with van der Waals surface area (Å²) in [5.41, 5.74) is 0.999. The highest BCUT2D eigenvalue weighted by atomic mass is 35.5. The van der Waals surface area contributed by atoms with Gasteiger partial charge in [0.15, 0.2) is 0 Å². The lowest BCUT2D eigenvalue weighted by molar-refractivity contribution is -0.137. The lowest BCUT2D eigenvalue weighted by atomic mass is 10.1. The van der Waals surface area contributed by atoms with Gasteiger partial charge in [-0.05, 0) is 24.6 Å². The lowest BCUT2D eigenvalue weighted by Crippen LogP contribution is -2.45. The molecule has 92 valence electrons. The van der Waals surface area contributed by atoms with Crippen LogP contribution in [0.15, 0.2) is 24.3 Å². The summed E-state index contributed by atoms with van der Waals surface area (Å²) in [7, 11) is 0. The molecular formula is C13H16ClNO2. The van der Waals surface area contributed by atoms with E-state index in [1.165, 1.54) is 0 Å². The minimum Gasteiger partial charge on any atom is -0.375 e. The number of carbonyl (C=O) groups is 1. The molecule has 1 aromatic carbocycles. The maximum Gasteiger partial charge on any atom is 0.227 e. The van der Waals surface area contributed by atoms with Crippen LogP contribution in [-0.2, 0) is 16.0 Å². The molecule has 0 saturated carbocycles. The Hall–Kier alpha value is -1.06. The minimum atomic E-state index is 0.137. The molecule has 4 heteroatoms. The molecule has 1 aliphatic rings. The Labute approximate surface area is 106 Å². The summed E-state index contributed by atoms with van der Waals surface area (Å²) < 4.78 is 5.41. The highest BCUT2D eigenvalue weighted by Gasteiger charge is 2.21. The first-order valence-corrected chi connectivity index (χ1v) is 6.17. The van der Waals surface area contributed by atoms with Crippen molar-refractivity contribution in [1.82, 2.24) is 4.90 Å². The molecular weight excluding hydrogens is 238 g/mol. The number of benzene rings is 1. The van der Waals surface area contributed by atoms with Crippen LogP contribution in [0, 0.1) is 0 Å². The van der Waals surface area contributed by atoms with E-state index in [0.717, 1.165) is 5.56 Å². The SMILES string of the molecule is C[C@H]1CN(C(=O)Cc2ccc(Cl)cc2)CCO1. The Balaban J connectivity index is 1.94. The fraction of sp³-hybridized carbons (Fsp3) is 0.462. The summed E-state index contributed by atoms with van der Waals surface area (Å²) in [5.74, 6) is 0.155. The maximum atomic E-state index is 12.0. The smallest absolute Gasteiger partial charge is 0.227 e. The van der Waals surface area contributed by atoms with E-state index in [4.69, 9.17) is 16.3 Å². The Bertz CT molecular complexity index is 391. The Kier molecular flexibility index (Phi) is 4.02. The number of hydrogen-bond acceptors (Lipinski definition) is 2. The summed E-state index contributed by atoms with van der Waals surface area (Å²) in [6, 6.07) is 7.41. The fourth-order valence-corrected chi connectivity index (χ4v) is 2.06. The van der Waals surface area contributed by atoms with Crippen molar-refractivity contribution in [1.29, 1.82) is 0 Å². The summed E-state index contributed by atoms with van der Waals surface area (Å²) in [6.45, 7) is 4.00. The van der Waals surface area contributed by atoms with Gasteiger partial charge in [-0.25, -0.2) is 0 Å². The summed E-state index contributed by atoms with van der Waals surface area (Å²) in [5, 5.41) is 0.696. The van der Waals surface area contributed by atoms with E-state index in [1.54, 1.807) is 0 Å². The first-order chi connectivity index (χ1) is 8.15. The van der Waals surface area contributed by atoms with Crippen LogP contribution in [-0.4, -0.2) is 36.6 Å². The van der Waals surface area contributed by atoms with E-state index < -0.39 is 0 Å². The van der Waals surface area contributed by atoms with Gasteiger partial charge >= 0.3 is 0 Å². The topological polar surface area (TPSA) is 29.5 Å². The van der Waals surface area contributed by atoms with Crippen molar-refractivity contribution in [3.8, 4) is 0 Å². The van der Waals surface area contributed by atoms with Crippen LogP contribution >= 0.6 is 11.6 Å². The van der Waals surface area contributed by atoms with Gasteiger partial charge in [0, 0.05) is 18.1 Å². The van der Waals surface area contributed by atoms with E-state index >= 15 is 0 Å². The Morgan fingerprint density at radius 3 is 2.82 bits per heavy atom. The molecule has 0 unspecified atom stereocenters. The third-order valence-corrected chi connectivity index (χ3v) is 3.11. The quantitative estimate of drug-likeness (QED) is 0.808. The molecule has 0 N–H and O–H groups in total. The molecule has 1 aliphatic heterocycles. The average molecular weight is 254 g/mol. The highest BCUT2D eigenvalue weighted by molar-refractivity contribution is 6.30. The number of rotatable bonds is 2. The summed E-state index contributed by atoms with van der Waals surface area (Å²) >= 11 is 5.80. The van der Waals surface area contributed by atoms with Crippen molar-refractivity contribution < 1.29 is 9.53 Å². The molecule has 1 fully saturated rings. The van der Waals surface area contributed by atoms with Crippen molar-refractivity contribution in [3.05, 3.63) is 34.9 Å². The number of amides is 1. The molecule has 3 nitrogen and oxygen atoms in total. The number of hydrogen-bond donors (Lipinski definition) is 0. The largest absolute Gasteiger partial charge is 0.375 e. The number of morpholine rings is 1. The van der Waals surface area contributed by atoms with Crippen LogP contribution < -0.4 is 0 Å². The van der Waals surface area contributed by atoms with Crippen LogP contribution in [0.3, 0.4) is 0 Å². The van der Waals surface area contributed by atoms with Crippen LogP contribution in [0.1, 0.15) is 12.5 Å². The number of carbonyl (C=O) groups excluding carboxylic acids is 1. The standard InChI is InChI=1S/C13H16ClNO2/c1-10-9-15(6-7-17-10)13(16)8-11-2-4-12(14)5-3-11/h2-5,10H,6-9H2,1H3/t10-/m0/s1. The van der Waals surface area contributed by atoms with Crippen molar-refractivity contribution in [2.45, 2.75) is 19.4 Å². The molecule has 2 rings (SSSR count). The highest BCUT2D eigenvalue weighted by Crippen LogP contribution is 2.12. The molecule has 17 heavy (non-hydrogen) atoms. The van der Waals surface area contributed by atoms with Gasteiger partial charge in [-0.2, -0.15) is 0 Å². The van der Waals surface area contributed by atoms with Crippen LogP contribution in [0.2, 0.25) is 5.02 Å². The zero-order valence-electron chi connectivity index (χ0n) is 9.86. The number of nitrogens with zero attached hydrogens (tertiary/aromatic N) is 1. The second-order valence-electron chi connectivity index (χ2n) is 4.32. The summed E-state index contributed by atoms with van der Waals surface area (Å²) in [4.78, 5) is 13.9. The van der Waals surface area contributed by atoms with Crippen LogP contribution in [0.5, 0.6) is 0 Å². The van der Waals surface area contributed by atoms with Gasteiger partial charge in [-0.3, -0.25) is 4.79 Å². The van der Waals surface area contributed by atoms with Gasteiger partial charge < -0.3 is 9.64 Å². The van der Waals surface area contributed by atoms with Gasteiger partial charge in [0.2, 0.25) is 5.91 Å². The fourth-order valence-electron chi connectivity index (χ4n) is 1.93. The van der Waals surface area contributed by atoms with E-state index in [-0.39, 0.29) is 12.0 Å². The lowest BCUT2D eigenvalue weighted by Gasteiger charge is -2.31. The second kappa shape index (κ2) is 5.52. The normalized spacial score (nSPS) is 20.4. The van der Waals surface area contributed by atoms with Gasteiger partial charge in [0.05, 0.1) is 19.1 Å². The molecule has 0 bridgehead atoms. The van der Waals surface area contributed by atoms with Crippen LogP contribution in [0.4, 0.5) is 0 Å². The zero-order valence-corrected chi connectivity index (χ0v) is 10.6. The Morgan fingerprint density at radius 2 is 2.18 bits per heavy atom. The monoisotopic (exact) mass is 253 g/mol. The van der Waals surface area contributed by atoms with Gasteiger partial charge in [-0.15, -0.1) is 0 Å². The predicted molar refractivity (Wildman–Crippen MR) is 67.2 cm³/mol. The van der Waals surface area contributed by atoms with Crippen molar-refractivity contribution in [2.24, 2.45) is 0 Å². The van der Waals surface area contributed by atoms with E-state index in [0.29, 0.717) is 31.1 Å². The molecule has 1 heterocycles. The van der Waals surface area contributed by atoms with Crippen LogP contribution in [0.25, 0.3) is 0 Å². The van der Waals surface area contributed by atoms with Crippen molar-refractivity contribution in [2.75, 3.05) is 19.7 Å². The van der Waals surface area contributed by atoms with Crippen molar-refractivity contribution in [3.63, 3.8) is 0 Å². The first kappa shape index (κ1) is 12.4. The molecule has 0 aliphatic carbocycles. The number of ether oxygens (including phenoxy) is 1. The number of halogens is 1. The zero-order chi connectivity index (χ0) is 12.3. The predicted octanol–water partition coefficient (Wildman–Crippen LogP) is 2.13. The average Bonchev–Trinajstić information content (AvgIpc) is 2.32. The van der Waals surface area contributed by atoms with Gasteiger partial charge in [0.1, 0.15) is 0 Å².